The Balaban J connectivity index is 1.95. The largest absolute Gasteiger partial charge is 0.273 e. The Hall–Kier alpha value is -2.14. The minimum atomic E-state index is -3.79. The predicted octanol–water partition coefficient (Wildman–Crippen LogP) is 2.31. The van der Waals surface area contributed by atoms with Crippen molar-refractivity contribution in [1.82, 2.24) is 4.31 Å². The highest BCUT2D eigenvalue weighted by Crippen LogP contribution is 2.22. The first-order valence-electron chi connectivity index (χ1n) is 7.17. The van der Waals surface area contributed by atoms with Crippen LogP contribution >= 0.6 is 0 Å². The number of hydrogen-bond donors (Lipinski definition) is 0. The van der Waals surface area contributed by atoms with Crippen LogP contribution in [-0.2, 0) is 27.7 Å². The van der Waals surface area contributed by atoms with Gasteiger partial charge in [0.05, 0.1) is 11.3 Å². The Morgan fingerprint density at radius 3 is 2.27 bits per heavy atom. The van der Waals surface area contributed by atoms with Crippen molar-refractivity contribution in [1.29, 1.82) is 0 Å². The van der Waals surface area contributed by atoms with E-state index in [4.69, 9.17) is 0 Å². The second kappa shape index (κ2) is 5.57. The standard InChI is InChI=1S/C17H17NO3S/c1-13-6-8-16(9-7-13)22(20,21)18-11-10-14-4-2-3-5-15(14)12-17(18)19/h2-9H,10-12H2,1H3. The number of amides is 1. The van der Waals surface area contributed by atoms with Crippen molar-refractivity contribution < 1.29 is 13.2 Å². The fourth-order valence-electron chi connectivity index (χ4n) is 2.66. The highest BCUT2D eigenvalue weighted by Gasteiger charge is 2.31. The average molecular weight is 315 g/mol. The van der Waals surface area contributed by atoms with E-state index in [0.717, 1.165) is 21.0 Å². The van der Waals surface area contributed by atoms with E-state index in [2.05, 4.69) is 0 Å². The summed E-state index contributed by atoms with van der Waals surface area (Å²) in [4.78, 5) is 12.6. The lowest BCUT2D eigenvalue weighted by Gasteiger charge is -2.20. The van der Waals surface area contributed by atoms with Gasteiger partial charge in [-0.2, -0.15) is 0 Å². The molecular weight excluding hydrogens is 298 g/mol. The number of fused-ring (bicyclic) bond motifs is 1. The molecule has 0 bridgehead atoms. The molecule has 0 spiro atoms. The van der Waals surface area contributed by atoms with Gasteiger partial charge in [-0.15, -0.1) is 0 Å². The topological polar surface area (TPSA) is 54.5 Å². The first kappa shape index (κ1) is 14.8. The number of carbonyl (C=O) groups is 1. The average Bonchev–Trinajstić information content (AvgIpc) is 2.66. The summed E-state index contributed by atoms with van der Waals surface area (Å²) in [6.07, 6.45) is 0.675. The molecule has 4 nitrogen and oxygen atoms in total. The van der Waals surface area contributed by atoms with Crippen molar-refractivity contribution in [3.8, 4) is 0 Å². The molecule has 3 rings (SSSR count). The second-order valence-corrected chi connectivity index (χ2v) is 7.34. The van der Waals surface area contributed by atoms with Gasteiger partial charge in [-0.3, -0.25) is 4.79 Å². The van der Waals surface area contributed by atoms with Crippen molar-refractivity contribution in [2.45, 2.75) is 24.7 Å². The van der Waals surface area contributed by atoms with Gasteiger partial charge < -0.3 is 0 Å². The van der Waals surface area contributed by atoms with Crippen LogP contribution in [0, 0.1) is 6.92 Å². The number of hydrogen-bond acceptors (Lipinski definition) is 3. The number of carbonyl (C=O) groups excluding carboxylic acids is 1. The van der Waals surface area contributed by atoms with Crippen LogP contribution in [0.25, 0.3) is 0 Å². The number of rotatable bonds is 2. The van der Waals surface area contributed by atoms with E-state index in [9.17, 15) is 13.2 Å². The van der Waals surface area contributed by atoms with Crippen LogP contribution in [0.4, 0.5) is 0 Å². The van der Waals surface area contributed by atoms with Crippen LogP contribution in [0.5, 0.6) is 0 Å². The molecule has 114 valence electrons. The molecule has 0 aliphatic carbocycles. The Labute approximate surface area is 130 Å². The Bertz CT molecular complexity index is 810. The lowest BCUT2D eigenvalue weighted by Crippen LogP contribution is -2.37. The van der Waals surface area contributed by atoms with Crippen LogP contribution < -0.4 is 0 Å². The van der Waals surface area contributed by atoms with Crippen LogP contribution in [-0.4, -0.2) is 25.2 Å². The van der Waals surface area contributed by atoms with Crippen molar-refractivity contribution in [3.05, 3.63) is 65.2 Å². The summed E-state index contributed by atoms with van der Waals surface area (Å²) in [5.41, 5.74) is 2.93. The van der Waals surface area contributed by atoms with Crippen LogP contribution in [0.2, 0.25) is 0 Å². The summed E-state index contributed by atoms with van der Waals surface area (Å²) < 4.78 is 26.4. The summed E-state index contributed by atoms with van der Waals surface area (Å²) in [5.74, 6) is -0.370. The minimum absolute atomic E-state index is 0.126. The summed E-state index contributed by atoms with van der Waals surface area (Å²) in [5, 5.41) is 0. The number of sulfonamides is 1. The lowest BCUT2D eigenvalue weighted by molar-refractivity contribution is -0.125. The first-order valence-corrected chi connectivity index (χ1v) is 8.61. The van der Waals surface area contributed by atoms with E-state index in [1.54, 1.807) is 24.3 Å². The van der Waals surface area contributed by atoms with E-state index in [0.29, 0.717) is 6.42 Å². The molecule has 0 N–H and O–H groups in total. The minimum Gasteiger partial charge on any atom is -0.273 e. The van der Waals surface area contributed by atoms with E-state index < -0.39 is 10.0 Å². The summed E-state index contributed by atoms with van der Waals surface area (Å²) in [7, 11) is -3.79. The zero-order chi connectivity index (χ0) is 15.7. The fraction of sp³-hybridized carbons (Fsp3) is 0.235. The Morgan fingerprint density at radius 1 is 0.955 bits per heavy atom. The van der Waals surface area contributed by atoms with Crippen molar-refractivity contribution in [2.24, 2.45) is 0 Å². The zero-order valence-electron chi connectivity index (χ0n) is 12.3. The van der Waals surface area contributed by atoms with Gasteiger partial charge in [0, 0.05) is 6.54 Å². The molecule has 5 heteroatoms. The molecule has 22 heavy (non-hydrogen) atoms. The molecule has 0 atom stereocenters. The lowest BCUT2D eigenvalue weighted by atomic mass is 10.0. The Morgan fingerprint density at radius 2 is 1.59 bits per heavy atom. The van der Waals surface area contributed by atoms with Gasteiger partial charge in [0.1, 0.15) is 0 Å². The van der Waals surface area contributed by atoms with Gasteiger partial charge in [0.25, 0.3) is 10.0 Å². The highest BCUT2D eigenvalue weighted by atomic mass is 32.2. The SMILES string of the molecule is Cc1ccc(S(=O)(=O)N2CCc3ccccc3CC2=O)cc1. The maximum absolute atomic E-state index is 12.7. The molecule has 1 heterocycles. The maximum atomic E-state index is 12.7. The molecule has 0 saturated carbocycles. The molecule has 0 fully saturated rings. The molecule has 0 saturated heterocycles. The second-order valence-electron chi connectivity index (χ2n) is 5.48. The quantitative estimate of drug-likeness (QED) is 0.854. The third-order valence-corrected chi connectivity index (χ3v) is 5.77. The van der Waals surface area contributed by atoms with Crippen molar-refractivity contribution in [3.63, 3.8) is 0 Å². The monoisotopic (exact) mass is 315 g/mol. The van der Waals surface area contributed by atoms with Gasteiger partial charge in [0.15, 0.2) is 0 Å². The third kappa shape index (κ3) is 2.64. The number of nitrogens with zero attached hydrogens (tertiary/aromatic N) is 1. The van der Waals surface area contributed by atoms with Gasteiger partial charge in [0.2, 0.25) is 5.91 Å². The van der Waals surface area contributed by atoms with Gasteiger partial charge in [-0.05, 0) is 36.6 Å². The van der Waals surface area contributed by atoms with Crippen molar-refractivity contribution in [2.75, 3.05) is 6.54 Å². The molecular formula is C17H17NO3S. The molecule has 0 radical (unpaired) electrons. The number of aryl methyl sites for hydroxylation is 1. The van der Waals surface area contributed by atoms with Crippen LogP contribution in [0.1, 0.15) is 16.7 Å². The Kier molecular flexibility index (Phi) is 3.74. The number of benzene rings is 2. The first-order chi connectivity index (χ1) is 10.5. The van der Waals surface area contributed by atoms with E-state index >= 15 is 0 Å². The molecule has 2 aromatic carbocycles. The van der Waals surface area contributed by atoms with E-state index in [-0.39, 0.29) is 23.8 Å². The molecule has 1 aliphatic heterocycles. The molecule has 0 aromatic heterocycles. The van der Waals surface area contributed by atoms with E-state index in [1.807, 2.05) is 31.2 Å². The summed E-state index contributed by atoms with van der Waals surface area (Å²) >= 11 is 0. The molecule has 1 aliphatic rings. The molecule has 2 aromatic rings. The van der Waals surface area contributed by atoms with Crippen molar-refractivity contribution >= 4 is 15.9 Å². The maximum Gasteiger partial charge on any atom is 0.266 e. The summed E-state index contributed by atoms with van der Waals surface area (Å²) in [6.45, 7) is 2.08. The highest BCUT2D eigenvalue weighted by molar-refractivity contribution is 7.89. The fourth-order valence-corrected chi connectivity index (χ4v) is 4.06. The van der Waals surface area contributed by atoms with Gasteiger partial charge in [-0.25, -0.2) is 12.7 Å². The van der Waals surface area contributed by atoms with E-state index in [1.165, 1.54) is 0 Å². The normalized spacial score (nSPS) is 15.3. The molecule has 1 amide bonds. The van der Waals surface area contributed by atoms with Gasteiger partial charge >= 0.3 is 0 Å². The predicted molar refractivity (Wildman–Crippen MR) is 83.9 cm³/mol. The smallest absolute Gasteiger partial charge is 0.266 e. The summed E-state index contributed by atoms with van der Waals surface area (Å²) in [6, 6.07) is 14.2. The van der Waals surface area contributed by atoms with Crippen LogP contribution in [0.15, 0.2) is 53.4 Å². The van der Waals surface area contributed by atoms with Crippen LogP contribution in [0.3, 0.4) is 0 Å². The van der Waals surface area contributed by atoms with Gasteiger partial charge in [-0.1, -0.05) is 42.0 Å². The molecule has 0 unspecified atom stereocenters. The third-order valence-electron chi connectivity index (χ3n) is 3.93. The zero-order valence-corrected chi connectivity index (χ0v) is 13.1.